The largest absolute Gasteiger partial charge is 0.135 e. The summed E-state index contributed by atoms with van der Waals surface area (Å²) in [5, 5.41) is 1.32. The van der Waals surface area contributed by atoms with Crippen LogP contribution in [0.3, 0.4) is 0 Å². The molecule has 0 spiro atoms. The Bertz CT molecular complexity index is 838. The summed E-state index contributed by atoms with van der Waals surface area (Å²) in [6.45, 7) is 0. The summed E-state index contributed by atoms with van der Waals surface area (Å²) in [6.07, 6.45) is 0. The Morgan fingerprint density at radius 3 is 1.90 bits per heavy atom. The van der Waals surface area contributed by atoms with Gasteiger partial charge in [0.25, 0.3) is 0 Å². The molecular weight excluding hydrogens is 272 g/mol. The summed E-state index contributed by atoms with van der Waals surface area (Å²) in [6, 6.07) is 30.2. The fourth-order valence-corrected chi connectivity index (χ4v) is 3.65. The van der Waals surface area contributed by atoms with Crippen LogP contribution in [-0.4, -0.2) is 0 Å². The number of hydrogen-bond donors (Lipinski definition) is 0. The van der Waals surface area contributed by atoms with Gasteiger partial charge in [0.15, 0.2) is 0 Å². The van der Waals surface area contributed by atoms with Crippen LogP contribution in [0, 0.1) is 0 Å². The molecule has 1 aromatic heterocycles. The molecule has 1 heteroatoms. The maximum absolute atomic E-state index is 2.28. The molecule has 1 heterocycles. The quantitative estimate of drug-likeness (QED) is 0.409. The normalized spacial score (nSPS) is 10.9. The van der Waals surface area contributed by atoms with E-state index in [4.69, 9.17) is 0 Å². The summed E-state index contributed by atoms with van der Waals surface area (Å²) in [5.41, 5.74) is 3.82. The molecule has 0 aliphatic carbocycles. The minimum atomic E-state index is 1.26. The van der Waals surface area contributed by atoms with Crippen molar-refractivity contribution in [2.24, 2.45) is 0 Å². The molecule has 0 unspecified atom stereocenters. The number of fused-ring (bicyclic) bond motifs is 1. The third kappa shape index (κ3) is 2.37. The number of rotatable bonds is 2. The van der Waals surface area contributed by atoms with Crippen LogP contribution in [0.1, 0.15) is 0 Å². The van der Waals surface area contributed by atoms with Crippen LogP contribution < -0.4 is 0 Å². The van der Waals surface area contributed by atoms with Crippen LogP contribution in [0.15, 0.2) is 84.9 Å². The van der Waals surface area contributed by atoms with E-state index in [2.05, 4.69) is 84.9 Å². The predicted octanol–water partition coefficient (Wildman–Crippen LogP) is 6.24. The summed E-state index contributed by atoms with van der Waals surface area (Å²) in [5.74, 6) is 0. The standard InChI is InChI=1S/C20H14S/c1-2-6-15(7-3-1)16-10-12-17(13-11-16)20-14-18-8-4-5-9-19(18)21-20/h1-14H. The second kappa shape index (κ2) is 5.19. The summed E-state index contributed by atoms with van der Waals surface area (Å²) in [7, 11) is 0. The van der Waals surface area contributed by atoms with E-state index in [1.807, 2.05) is 11.3 Å². The molecule has 4 aromatic rings. The molecule has 0 aliphatic rings. The highest BCUT2D eigenvalue weighted by molar-refractivity contribution is 7.22. The van der Waals surface area contributed by atoms with Gasteiger partial charge in [-0.2, -0.15) is 0 Å². The lowest BCUT2D eigenvalue weighted by atomic mass is 10.0. The van der Waals surface area contributed by atoms with Crippen LogP contribution in [0.5, 0.6) is 0 Å². The number of benzene rings is 3. The molecule has 0 nitrogen and oxygen atoms in total. The average molecular weight is 286 g/mol. The molecule has 100 valence electrons. The predicted molar refractivity (Wildman–Crippen MR) is 92.7 cm³/mol. The van der Waals surface area contributed by atoms with Gasteiger partial charge in [-0.05, 0) is 34.2 Å². The van der Waals surface area contributed by atoms with E-state index in [1.165, 1.54) is 31.7 Å². The van der Waals surface area contributed by atoms with Crippen molar-refractivity contribution in [2.75, 3.05) is 0 Å². The lowest BCUT2D eigenvalue weighted by Gasteiger charge is -2.03. The van der Waals surface area contributed by atoms with Crippen molar-refractivity contribution in [2.45, 2.75) is 0 Å². The Labute approximate surface area is 128 Å². The van der Waals surface area contributed by atoms with Crippen LogP contribution in [0.2, 0.25) is 0 Å². The van der Waals surface area contributed by atoms with E-state index < -0.39 is 0 Å². The van der Waals surface area contributed by atoms with Crippen molar-refractivity contribution >= 4 is 21.4 Å². The summed E-state index contributed by atoms with van der Waals surface area (Å²) >= 11 is 1.85. The molecule has 0 radical (unpaired) electrons. The van der Waals surface area contributed by atoms with Gasteiger partial charge in [-0.3, -0.25) is 0 Å². The molecule has 0 aliphatic heterocycles. The zero-order chi connectivity index (χ0) is 14.1. The molecule has 3 aromatic carbocycles. The molecule has 0 saturated carbocycles. The number of thiophene rings is 1. The van der Waals surface area contributed by atoms with Crippen molar-refractivity contribution in [1.29, 1.82) is 0 Å². The summed E-state index contributed by atoms with van der Waals surface area (Å²) in [4.78, 5) is 1.33. The van der Waals surface area contributed by atoms with E-state index in [1.54, 1.807) is 0 Å². The molecule has 0 fully saturated rings. The highest BCUT2D eigenvalue weighted by Crippen LogP contribution is 2.34. The van der Waals surface area contributed by atoms with Gasteiger partial charge in [-0.1, -0.05) is 72.8 Å². The Morgan fingerprint density at radius 2 is 1.14 bits per heavy atom. The van der Waals surface area contributed by atoms with E-state index >= 15 is 0 Å². The van der Waals surface area contributed by atoms with Gasteiger partial charge >= 0.3 is 0 Å². The molecule has 0 amide bonds. The Morgan fingerprint density at radius 1 is 0.524 bits per heavy atom. The SMILES string of the molecule is c1ccc(-c2ccc(-c3cc4ccccc4s3)cc2)cc1. The van der Waals surface area contributed by atoms with Gasteiger partial charge in [0.1, 0.15) is 0 Å². The second-order valence-electron chi connectivity index (χ2n) is 5.09. The zero-order valence-electron chi connectivity index (χ0n) is 11.5. The first-order valence-electron chi connectivity index (χ1n) is 7.04. The van der Waals surface area contributed by atoms with Crippen molar-refractivity contribution in [3.05, 3.63) is 84.9 Å². The van der Waals surface area contributed by atoms with E-state index in [-0.39, 0.29) is 0 Å². The lowest BCUT2D eigenvalue weighted by molar-refractivity contribution is 1.62. The topological polar surface area (TPSA) is 0 Å². The first-order valence-corrected chi connectivity index (χ1v) is 7.86. The van der Waals surface area contributed by atoms with E-state index in [0.29, 0.717) is 0 Å². The average Bonchev–Trinajstić information content (AvgIpc) is 3.00. The fourth-order valence-electron chi connectivity index (χ4n) is 2.58. The smallest absolute Gasteiger partial charge is 0.0355 e. The maximum atomic E-state index is 2.28. The third-order valence-electron chi connectivity index (χ3n) is 3.70. The number of hydrogen-bond acceptors (Lipinski definition) is 1. The van der Waals surface area contributed by atoms with Crippen molar-refractivity contribution < 1.29 is 0 Å². The maximum Gasteiger partial charge on any atom is 0.0355 e. The highest BCUT2D eigenvalue weighted by Gasteiger charge is 2.04. The molecule has 0 atom stereocenters. The molecule has 0 N–H and O–H groups in total. The van der Waals surface area contributed by atoms with E-state index in [9.17, 15) is 0 Å². The molecule has 21 heavy (non-hydrogen) atoms. The fraction of sp³-hybridized carbons (Fsp3) is 0. The monoisotopic (exact) mass is 286 g/mol. The van der Waals surface area contributed by atoms with Gasteiger partial charge in [0.05, 0.1) is 0 Å². The zero-order valence-corrected chi connectivity index (χ0v) is 12.3. The van der Waals surface area contributed by atoms with Crippen LogP contribution in [0.4, 0.5) is 0 Å². The third-order valence-corrected chi connectivity index (χ3v) is 4.87. The van der Waals surface area contributed by atoms with E-state index in [0.717, 1.165) is 0 Å². The Hall–Kier alpha value is -2.38. The first-order chi connectivity index (χ1) is 10.4. The van der Waals surface area contributed by atoms with Crippen LogP contribution >= 0.6 is 11.3 Å². The van der Waals surface area contributed by atoms with Crippen LogP contribution in [0.25, 0.3) is 31.7 Å². The Kier molecular flexibility index (Phi) is 3.06. The van der Waals surface area contributed by atoms with Gasteiger partial charge in [0, 0.05) is 9.58 Å². The Balaban J connectivity index is 1.73. The minimum absolute atomic E-state index is 1.26. The van der Waals surface area contributed by atoms with Gasteiger partial charge in [-0.15, -0.1) is 11.3 Å². The highest BCUT2D eigenvalue weighted by atomic mass is 32.1. The molecule has 4 rings (SSSR count). The minimum Gasteiger partial charge on any atom is -0.135 e. The van der Waals surface area contributed by atoms with Crippen LogP contribution in [-0.2, 0) is 0 Å². The lowest BCUT2D eigenvalue weighted by Crippen LogP contribution is -1.77. The van der Waals surface area contributed by atoms with Crippen molar-refractivity contribution in [1.82, 2.24) is 0 Å². The molecule has 0 saturated heterocycles. The van der Waals surface area contributed by atoms with Gasteiger partial charge in [-0.25, -0.2) is 0 Å². The van der Waals surface area contributed by atoms with Gasteiger partial charge < -0.3 is 0 Å². The summed E-state index contributed by atoms with van der Waals surface area (Å²) < 4.78 is 1.35. The molecular formula is C20H14S. The first kappa shape index (κ1) is 12.4. The molecule has 0 bridgehead atoms. The van der Waals surface area contributed by atoms with Gasteiger partial charge in [0.2, 0.25) is 0 Å². The van der Waals surface area contributed by atoms with Crippen molar-refractivity contribution in [3.63, 3.8) is 0 Å². The second-order valence-corrected chi connectivity index (χ2v) is 6.18. The van der Waals surface area contributed by atoms with Crippen molar-refractivity contribution in [3.8, 4) is 21.6 Å².